The van der Waals surface area contributed by atoms with Gasteiger partial charge in [0.1, 0.15) is 17.0 Å². The van der Waals surface area contributed by atoms with Gasteiger partial charge in [0.25, 0.3) is 0 Å². The summed E-state index contributed by atoms with van der Waals surface area (Å²) in [7, 11) is 0. The molecular weight excluding hydrogens is 416 g/mol. The molecule has 5 nitrogen and oxygen atoms in total. The maximum absolute atomic E-state index is 12.5. The predicted molar refractivity (Wildman–Crippen MR) is 87.2 cm³/mol. The van der Waals surface area contributed by atoms with Crippen LogP contribution < -0.4 is 45.3 Å². The predicted octanol–water partition coefficient (Wildman–Crippen LogP) is -3.36. The first-order valence-electron chi connectivity index (χ1n) is 7.43. The molecule has 3 N–H and O–H groups in total. The van der Waals surface area contributed by atoms with Crippen LogP contribution in [0.25, 0.3) is 0 Å². The third-order valence-electron chi connectivity index (χ3n) is 3.33. The van der Waals surface area contributed by atoms with Crippen molar-refractivity contribution in [3.05, 3.63) is 42.5 Å². The molecule has 0 saturated carbocycles. The van der Waals surface area contributed by atoms with Gasteiger partial charge in [0.05, 0.1) is 18.9 Å². The SMILES string of the molecule is CCOc1ccc(OCC)c(NC(=O)C2(N)C=CC=CC2)c1.[Cl-].[Cl-].[Zn+2]. The number of carbonyl (C=O) groups is 1. The number of nitrogens with one attached hydrogen (secondary N) is 1. The number of nitrogens with two attached hydrogens (primary N) is 1. The van der Waals surface area contributed by atoms with Crippen LogP contribution in [0.4, 0.5) is 5.69 Å². The Bertz CT molecular complexity index is 612. The zero-order valence-corrected chi connectivity index (χ0v) is 18.9. The summed E-state index contributed by atoms with van der Waals surface area (Å²) in [4.78, 5) is 12.5. The van der Waals surface area contributed by atoms with E-state index in [2.05, 4.69) is 5.32 Å². The van der Waals surface area contributed by atoms with Gasteiger partial charge in [0, 0.05) is 6.07 Å². The smallest absolute Gasteiger partial charge is 1.00 e. The van der Waals surface area contributed by atoms with Crippen molar-refractivity contribution in [2.24, 2.45) is 5.73 Å². The second kappa shape index (κ2) is 12.3. The van der Waals surface area contributed by atoms with Crippen LogP contribution in [0.2, 0.25) is 0 Å². The van der Waals surface area contributed by atoms with E-state index in [1.165, 1.54) is 0 Å². The van der Waals surface area contributed by atoms with Gasteiger partial charge in [-0.3, -0.25) is 4.79 Å². The molecular formula is C17H22Cl2N2O3Zn. The minimum atomic E-state index is -1.04. The Balaban J connectivity index is 0. The Labute approximate surface area is 174 Å². The molecule has 1 unspecified atom stereocenters. The molecule has 8 heteroatoms. The number of allylic oxidation sites excluding steroid dienone is 2. The van der Waals surface area contributed by atoms with Crippen LogP contribution in [0, 0.1) is 0 Å². The molecule has 1 aliphatic rings. The van der Waals surface area contributed by atoms with E-state index in [0.717, 1.165) is 0 Å². The average Bonchev–Trinajstić information content (AvgIpc) is 2.51. The molecule has 1 atom stereocenters. The Hall–Kier alpha value is -1.07. The van der Waals surface area contributed by atoms with Gasteiger partial charge in [-0.25, -0.2) is 0 Å². The van der Waals surface area contributed by atoms with E-state index in [1.54, 1.807) is 24.3 Å². The van der Waals surface area contributed by atoms with Crippen molar-refractivity contribution in [1.29, 1.82) is 0 Å². The van der Waals surface area contributed by atoms with Gasteiger partial charge in [-0.1, -0.05) is 24.3 Å². The van der Waals surface area contributed by atoms with Crippen LogP contribution in [0.3, 0.4) is 0 Å². The van der Waals surface area contributed by atoms with Crippen LogP contribution in [0.5, 0.6) is 11.5 Å². The van der Waals surface area contributed by atoms with Gasteiger partial charge in [-0.05, 0) is 32.4 Å². The van der Waals surface area contributed by atoms with Crippen LogP contribution >= 0.6 is 0 Å². The third kappa shape index (κ3) is 6.98. The first-order chi connectivity index (χ1) is 10.6. The fourth-order valence-corrected chi connectivity index (χ4v) is 2.19. The maximum Gasteiger partial charge on any atom is 2.00 e. The van der Waals surface area contributed by atoms with Crippen molar-refractivity contribution in [2.75, 3.05) is 18.5 Å². The molecule has 1 amide bonds. The summed E-state index contributed by atoms with van der Waals surface area (Å²) in [5.74, 6) is 0.993. The van der Waals surface area contributed by atoms with Crippen molar-refractivity contribution in [1.82, 2.24) is 0 Å². The molecule has 0 bridgehead atoms. The summed E-state index contributed by atoms with van der Waals surface area (Å²) in [6, 6.07) is 5.34. The molecule has 25 heavy (non-hydrogen) atoms. The van der Waals surface area contributed by atoms with E-state index in [4.69, 9.17) is 15.2 Å². The first kappa shape index (κ1) is 26.2. The van der Waals surface area contributed by atoms with E-state index in [0.29, 0.717) is 36.8 Å². The van der Waals surface area contributed by atoms with E-state index in [1.807, 2.05) is 32.1 Å². The Kier molecular flexibility index (Phi) is 12.9. The number of hydrogen-bond donors (Lipinski definition) is 2. The summed E-state index contributed by atoms with van der Waals surface area (Å²) in [5.41, 5.74) is 5.67. The zero-order valence-electron chi connectivity index (χ0n) is 14.4. The molecule has 0 saturated heterocycles. The number of carbonyl (C=O) groups excluding carboxylic acids is 1. The summed E-state index contributed by atoms with van der Waals surface area (Å²) in [5, 5.41) is 2.85. The van der Waals surface area contributed by atoms with Crippen LogP contribution in [0.1, 0.15) is 20.3 Å². The first-order valence-corrected chi connectivity index (χ1v) is 7.43. The van der Waals surface area contributed by atoms with Crippen molar-refractivity contribution < 1.29 is 58.6 Å². The summed E-state index contributed by atoms with van der Waals surface area (Å²) in [6.07, 6.45) is 7.70. The quantitative estimate of drug-likeness (QED) is 0.455. The number of amides is 1. The van der Waals surface area contributed by atoms with Gasteiger partial charge < -0.3 is 45.3 Å². The fraction of sp³-hybridized carbons (Fsp3) is 0.353. The van der Waals surface area contributed by atoms with Crippen molar-refractivity contribution >= 4 is 11.6 Å². The molecule has 1 aliphatic carbocycles. The van der Waals surface area contributed by atoms with Gasteiger partial charge in [-0.2, -0.15) is 0 Å². The molecule has 0 radical (unpaired) electrons. The third-order valence-corrected chi connectivity index (χ3v) is 3.33. The van der Waals surface area contributed by atoms with Gasteiger partial charge in [0.2, 0.25) is 5.91 Å². The number of halogens is 2. The van der Waals surface area contributed by atoms with E-state index in [-0.39, 0.29) is 50.2 Å². The average molecular weight is 439 g/mol. The number of anilines is 1. The fourth-order valence-electron chi connectivity index (χ4n) is 2.19. The summed E-state index contributed by atoms with van der Waals surface area (Å²) >= 11 is 0. The zero-order chi connectivity index (χ0) is 16.0. The van der Waals surface area contributed by atoms with Crippen molar-refractivity contribution in [2.45, 2.75) is 25.8 Å². The van der Waals surface area contributed by atoms with Gasteiger partial charge >= 0.3 is 19.5 Å². The second-order valence-corrected chi connectivity index (χ2v) is 5.01. The topological polar surface area (TPSA) is 73.6 Å². The normalized spacial score (nSPS) is 17.4. The standard InChI is InChI=1S/C17H22N2O3.2ClH.Zn/c1-3-21-13-8-9-15(22-4-2)14(12-13)19-16(20)17(18)10-6-5-7-11-17;;;/h5-10,12H,3-4,11,18H2,1-2H3,(H,19,20);2*1H;/q;;;+2/p-2. The minimum absolute atomic E-state index is 0. The summed E-state index contributed by atoms with van der Waals surface area (Å²) in [6.45, 7) is 4.85. The molecule has 0 aromatic heterocycles. The van der Waals surface area contributed by atoms with E-state index < -0.39 is 5.54 Å². The Morgan fingerprint density at radius 2 is 1.88 bits per heavy atom. The molecule has 134 valence electrons. The Morgan fingerprint density at radius 3 is 2.44 bits per heavy atom. The van der Waals surface area contributed by atoms with Crippen molar-refractivity contribution in [3.63, 3.8) is 0 Å². The number of benzene rings is 1. The minimum Gasteiger partial charge on any atom is -1.00 e. The number of hydrogen-bond acceptors (Lipinski definition) is 4. The maximum atomic E-state index is 12.5. The van der Waals surface area contributed by atoms with Crippen LogP contribution in [-0.4, -0.2) is 24.7 Å². The Morgan fingerprint density at radius 1 is 1.20 bits per heavy atom. The van der Waals surface area contributed by atoms with Crippen molar-refractivity contribution in [3.8, 4) is 11.5 Å². The number of ether oxygens (including phenoxy) is 2. The number of rotatable bonds is 6. The van der Waals surface area contributed by atoms with Crippen LogP contribution in [0.15, 0.2) is 42.5 Å². The van der Waals surface area contributed by atoms with E-state index in [9.17, 15) is 4.79 Å². The van der Waals surface area contributed by atoms with E-state index >= 15 is 0 Å². The molecule has 0 fully saturated rings. The summed E-state index contributed by atoms with van der Waals surface area (Å²) < 4.78 is 11.0. The van der Waals surface area contributed by atoms with Crippen LogP contribution in [-0.2, 0) is 24.3 Å². The molecule has 0 aliphatic heterocycles. The molecule has 1 aromatic carbocycles. The molecule has 1 aromatic rings. The molecule has 0 heterocycles. The molecule has 0 spiro atoms. The van der Waals surface area contributed by atoms with Gasteiger partial charge in [0.15, 0.2) is 0 Å². The largest absolute Gasteiger partial charge is 2.00 e. The van der Waals surface area contributed by atoms with Gasteiger partial charge in [-0.15, -0.1) is 0 Å². The second-order valence-electron chi connectivity index (χ2n) is 5.01. The monoisotopic (exact) mass is 436 g/mol. The molecule has 2 rings (SSSR count).